The van der Waals surface area contributed by atoms with E-state index in [0.717, 1.165) is 6.61 Å². The normalized spacial score (nSPS) is 12.0. The molecule has 0 unspecified atom stereocenters. The molecule has 0 spiro atoms. The van der Waals surface area contributed by atoms with Crippen molar-refractivity contribution in [2.45, 2.75) is 79.5 Å². The van der Waals surface area contributed by atoms with Crippen LogP contribution in [0.25, 0.3) is 0 Å². The standard InChI is InChI=1S/3C4H9.C2H6NO.Sn/c3*1-3-4-2;1-2-4-3;/h3*1,3-4H2,2H3;3H,2H2,1H3;/q;;;-1;+1. The molecular weight excluding hydrogens is 317 g/mol. The van der Waals surface area contributed by atoms with Crippen molar-refractivity contribution < 1.29 is 4.84 Å². The zero-order valence-corrected chi connectivity index (χ0v) is 15.3. The number of hydrogen-bond acceptors (Lipinski definition) is 2. The second-order valence-corrected chi connectivity index (χ2v) is 17.3. The molecule has 0 bridgehead atoms. The predicted molar refractivity (Wildman–Crippen MR) is 79.7 cm³/mol. The van der Waals surface area contributed by atoms with E-state index >= 15 is 0 Å². The van der Waals surface area contributed by atoms with Gasteiger partial charge in [0, 0.05) is 0 Å². The second kappa shape index (κ2) is 11.8. The Morgan fingerprint density at radius 3 is 1.47 bits per heavy atom. The Hall–Kier alpha value is 0.719. The Morgan fingerprint density at radius 1 is 0.765 bits per heavy atom. The summed E-state index contributed by atoms with van der Waals surface area (Å²) in [5, 5.41) is 0. The molecular formula is C14H33NOSn. The molecule has 0 aromatic carbocycles. The fraction of sp³-hybridized carbons (Fsp3) is 1.00. The molecule has 0 rings (SSSR count). The first-order chi connectivity index (χ1) is 8.24. The average Bonchev–Trinajstić information content (AvgIpc) is 2.37. The van der Waals surface area contributed by atoms with Crippen LogP contribution in [-0.4, -0.2) is 25.3 Å². The monoisotopic (exact) mass is 351 g/mol. The fourth-order valence-electron chi connectivity index (χ4n) is 2.30. The van der Waals surface area contributed by atoms with Gasteiger partial charge in [-0.05, 0) is 0 Å². The Morgan fingerprint density at radius 2 is 1.18 bits per heavy atom. The molecule has 0 radical (unpaired) electrons. The van der Waals surface area contributed by atoms with E-state index in [4.69, 9.17) is 4.84 Å². The van der Waals surface area contributed by atoms with E-state index in [9.17, 15) is 0 Å². The summed E-state index contributed by atoms with van der Waals surface area (Å²) in [5.41, 5.74) is 0. The Kier molecular flexibility index (Phi) is 12.3. The van der Waals surface area contributed by atoms with Gasteiger partial charge < -0.3 is 0 Å². The van der Waals surface area contributed by atoms with E-state index in [1.807, 2.05) is 0 Å². The van der Waals surface area contributed by atoms with Crippen molar-refractivity contribution in [2.75, 3.05) is 6.61 Å². The Labute approximate surface area is 113 Å². The van der Waals surface area contributed by atoms with E-state index < -0.39 is 18.7 Å². The molecule has 0 atom stereocenters. The summed E-state index contributed by atoms with van der Waals surface area (Å²) in [5.74, 6) is 0. The van der Waals surface area contributed by atoms with E-state index in [2.05, 4.69) is 31.4 Å². The number of unbranched alkanes of at least 4 members (excludes halogenated alkanes) is 3. The van der Waals surface area contributed by atoms with Crippen LogP contribution in [0.2, 0.25) is 13.3 Å². The topological polar surface area (TPSA) is 21.3 Å². The maximum absolute atomic E-state index is 5.63. The molecule has 0 fully saturated rings. The molecule has 3 heteroatoms. The zero-order valence-electron chi connectivity index (χ0n) is 12.5. The van der Waals surface area contributed by atoms with Crippen LogP contribution in [-0.2, 0) is 4.84 Å². The van der Waals surface area contributed by atoms with Crippen LogP contribution in [0.5, 0.6) is 0 Å². The molecule has 0 aliphatic carbocycles. The third kappa shape index (κ3) is 8.44. The van der Waals surface area contributed by atoms with Crippen LogP contribution in [0.4, 0.5) is 0 Å². The molecule has 0 amide bonds. The Bertz CT molecular complexity index is 127. The summed E-state index contributed by atoms with van der Waals surface area (Å²) in [6, 6.07) is 0. The van der Waals surface area contributed by atoms with Gasteiger partial charge in [0.05, 0.1) is 0 Å². The molecule has 0 aromatic heterocycles. The summed E-state index contributed by atoms with van der Waals surface area (Å²) >= 11 is -2.16. The quantitative estimate of drug-likeness (QED) is 0.400. The van der Waals surface area contributed by atoms with Gasteiger partial charge in [-0.2, -0.15) is 0 Å². The van der Waals surface area contributed by atoms with Crippen molar-refractivity contribution in [3.05, 3.63) is 0 Å². The van der Waals surface area contributed by atoms with Crippen LogP contribution in [0.1, 0.15) is 66.2 Å². The minimum absolute atomic E-state index is 0.809. The van der Waals surface area contributed by atoms with Gasteiger partial charge >= 0.3 is 113 Å². The van der Waals surface area contributed by atoms with Gasteiger partial charge in [0.1, 0.15) is 0 Å². The molecule has 0 saturated heterocycles. The maximum atomic E-state index is 5.63. The van der Waals surface area contributed by atoms with Crippen molar-refractivity contribution >= 4 is 18.7 Å². The van der Waals surface area contributed by atoms with Crippen molar-refractivity contribution in [2.24, 2.45) is 0 Å². The third-order valence-electron chi connectivity index (χ3n) is 3.46. The first kappa shape index (κ1) is 17.7. The molecule has 17 heavy (non-hydrogen) atoms. The van der Waals surface area contributed by atoms with Gasteiger partial charge in [-0.25, -0.2) is 0 Å². The van der Waals surface area contributed by atoms with Gasteiger partial charge in [-0.3, -0.25) is 0 Å². The second-order valence-electron chi connectivity index (χ2n) is 5.13. The first-order valence-electron chi connectivity index (χ1n) is 7.63. The summed E-state index contributed by atoms with van der Waals surface area (Å²) in [7, 11) is 0. The van der Waals surface area contributed by atoms with Crippen molar-refractivity contribution in [3.8, 4) is 0 Å². The molecule has 0 aliphatic rings. The van der Waals surface area contributed by atoms with E-state index in [0.29, 0.717) is 0 Å². The zero-order chi connectivity index (χ0) is 13.0. The van der Waals surface area contributed by atoms with Gasteiger partial charge in [-0.1, -0.05) is 0 Å². The van der Waals surface area contributed by atoms with Crippen LogP contribution >= 0.6 is 0 Å². The van der Waals surface area contributed by atoms with Gasteiger partial charge in [-0.15, -0.1) is 0 Å². The van der Waals surface area contributed by atoms with Crippen molar-refractivity contribution in [1.29, 1.82) is 0 Å². The molecule has 0 saturated carbocycles. The Balaban J connectivity index is 4.39. The number of rotatable bonds is 12. The summed E-state index contributed by atoms with van der Waals surface area (Å²) in [6.45, 7) is 9.80. The molecule has 0 aliphatic heterocycles. The third-order valence-corrected chi connectivity index (χ3v) is 16.3. The SMILES string of the molecule is CCC[CH2][Sn]([CH2]CCC)([CH2]CCC)[NH]OCC. The van der Waals surface area contributed by atoms with Crippen LogP contribution in [0.3, 0.4) is 0 Å². The molecule has 104 valence electrons. The summed E-state index contributed by atoms with van der Waals surface area (Å²) in [6.07, 6.45) is 8.15. The summed E-state index contributed by atoms with van der Waals surface area (Å²) < 4.78 is 7.99. The number of nitrogens with one attached hydrogen (secondary N) is 1. The predicted octanol–water partition coefficient (Wildman–Crippen LogP) is 4.87. The molecule has 0 aromatic rings. The fourth-order valence-corrected chi connectivity index (χ4v) is 15.4. The van der Waals surface area contributed by atoms with Crippen molar-refractivity contribution in [1.82, 2.24) is 3.70 Å². The molecule has 0 heterocycles. The van der Waals surface area contributed by atoms with Gasteiger partial charge in [0.15, 0.2) is 0 Å². The van der Waals surface area contributed by atoms with Crippen LogP contribution in [0.15, 0.2) is 0 Å². The van der Waals surface area contributed by atoms with E-state index in [1.165, 1.54) is 51.8 Å². The molecule has 2 nitrogen and oxygen atoms in total. The van der Waals surface area contributed by atoms with Crippen molar-refractivity contribution in [3.63, 3.8) is 0 Å². The first-order valence-corrected chi connectivity index (χ1v) is 15.1. The van der Waals surface area contributed by atoms with Gasteiger partial charge in [0.2, 0.25) is 0 Å². The molecule has 1 N–H and O–H groups in total. The average molecular weight is 350 g/mol. The number of hydrogen-bond donors (Lipinski definition) is 1. The summed E-state index contributed by atoms with van der Waals surface area (Å²) in [4.78, 5) is 5.63. The van der Waals surface area contributed by atoms with E-state index in [-0.39, 0.29) is 0 Å². The van der Waals surface area contributed by atoms with E-state index in [1.54, 1.807) is 0 Å². The minimum atomic E-state index is -2.16. The van der Waals surface area contributed by atoms with Gasteiger partial charge in [0.25, 0.3) is 0 Å². The van der Waals surface area contributed by atoms with Crippen LogP contribution < -0.4 is 3.70 Å². The van der Waals surface area contributed by atoms with Crippen LogP contribution in [0, 0.1) is 0 Å².